The molecule has 150 valence electrons. The van der Waals surface area contributed by atoms with Gasteiger partial charge in [-0.15, -0.1) is 0 Å². The topological polar surface area (TPSA) is 124 Å². The molecule has 0 saturated carbocycles. The van der Waals surface area contributed by atoms with E-state index in [0.29, 0.717) is 11.1 Å². The van der Waals surface area contributed by atoms with Crippen LogP contribution in [-0.2, 0) is 0 Å². The molecule has 0 fully saturated rings. The quantitative estimate of drug-likeness (QED) is 0.221. The van der Waals surface area contributed by atoms with Crippen molar-refractivity contribution in [1.82, 2.24) is 10.4 Å². The molecule has 0 radical (unpaired) electrons. The van der Waals surface area contributed by atoms with Crippen molar-refractivity contribution in [1.29, 1.82) is 0 Å². The minimum absolute atomic E-state index is 0.117. The monoisotopic (exact) mass is 404 g/mol. The van der Waals surface area contributed by atoms with Crippen LogP contribution in [0.2, 0.25) is 0 Å². The molecule has 3 aromatic rings. The van der Waals surface area contributed by atoms with Crippen molar-refractivity contribution < 1.29 is 19.2 Å². The molecule has 0 atom stereocenters. The second-order valence-corrected chi connectivity index (χ2v) is 6.15. The predicted molar refractivity (Wildman–Crippen MR) is 109 cm³/mol. The summed E-state index contributed by atoms with van der Waals surface area (Å²) in [6.45, 7) is 1.82. The van der Waals surface area contributed by atoms with E-state index in [1.54, 1.807) is 36.4 Å². The van der Waals surface area contributed by atoms with Crippen molar-refractivity contribution in [2.45, 2.75) is 6.92 Å². The Morgan fingerprint density at radius 3 is 2.50 bits per heavy atom. The van der Waals surface area contributed by atoms with E-state index in [-0.39, 0.29) is 17.0 Å². The van der Waals surface area contributed by atoms with Crippen LogP contribution < -0.4 is 10.2 Å². The Labute approximate surface area is 171 Å². The number of rotatable bonds is 6. The average molecular weight is 404 g/mol. The molecule has 1 N–H and O–H groups in total. The molecule has 2 aromatic carbocycles. The van der Waals surface area contributed by atoms with Gasteiger partial charge in [-0.25, -0.2) is 10.2 Å². The molecule has 9 nitrogen and oxygen atoms in total. The summed E-state index contributed by atoms with van der Waals surface area (Å²) in [4.78, 5) is 38.4. The van der Waals surface area contributed by atoms with E-state index in [9.17, 15) is 19.7 Å². The van der Waals surface area contributed by atoms with E-state index < -0.39 is 16.8 Å². The van der Waals surface area contributed by atoms with E-state index >= 15 is 0 Å². The number of pyridine rings is 1. The van der Waals surface area contributed by atoms with Gasteiger partial charge in [0.1, 0.15) is 5.75 Å². The second kappa shape index (κ2) is 9.20. The molecule has 0 aliphatic rings. The summed E-state index contributed by atoms with van der Waals surface area (Å²) in [5.74, 6) is -0.796. The number of hydrazone groups is 1. The smallest absolute Gasteiger partial charge is 0.343 e. The number of aryl methyl sites for hydroxylation is 1. The number of hydrogen-bond acceptors (Lipinski definition) is 7. The summed E-state index contributed by atoms with van der Waals surface area (Å²) >= 11 is 0. The molecule has 9 heteroatoms. The van der Waals surface area contributed by atoms with Gasteiger partial charge in [0.05, 0.1) is 22.3 Å². The van der Waals surface area contributed by atoms with Crippen LogP contribution >= 0.6 is 0 Å². The van der Waals surface area contributed by atoms with Crippen LogP contribution in [0, 0.1) is 17.0 Å². The zero-order chi connectivity index (χ0) is 21.5. The number of non-ortho nitro benzene ring substituents is 1. The molecule has 0 aliphatic heterocycles. The number of nitrogens with zero attached hydrogens (tertiary/aromatic N) is 3. The summed E-state index contributed by atoms with van der Waals surface area (Å²) in [7, 11) is 0. The highest BCUT2D eigenvalue weighted by atomic mass is 16.6. The molecule has 0 saturated heterocycles. The zero-order valence-electron chi connectivity index (χ0n) is 15.8. The third-order valence-corrected chi connectivity index (χ3v) is 3.94. The first-order valence-electron chi connectivity index (χ1n) is 8.75. The average Bonchev–Trinajstić information content (AvgIpc) is 2.74. The van der Waals surface area contributed by atoms with Crippen molar-refractivity contribution in [2.24, 2.45) is 5.10 Å². The Balaban J connectivity index is 1.61. The molecular formula is C21H16N4O5. The Kier molecular flexibility index (Phi) is 6.23. The van der Waals surface area contributed by atoms with E-state index in [2.05, 4.69) is 15.5 Å². The molecule has 0 bridgehead atoms. The molecule has 1 heterocycles. The Hall–Kier alpha value is -4.40. The third kappa shape index (κ3) is 5.32. The summed E-state index contributed by atoms with van der Waals surface area (Å²) in [5, 5.41) is 14.6. The number of nitrogens with one attached hydrogen (secondary N) is 1. The number of esters is 1. The number of nitro groups is 1. The van der Waals surface area contributed by atoms with Gasteiger partial charge in [0, 0.05) is 24.0 Å². The number of carbonyl (C=O) groups is 2. The molecule has 0 aliphatic carbocycles. The summed E-state index contributed by atoms with van der Waals surface area (Å²) in [6.07, 6.45) is 2.86. The number of carbonyl (C=O) groups excluding carboxylic acids is 2. The number of hydrogen-bond donors (Lipinski definition) is 1. The lowest BCUT2D eigenvalue weighted by Crippen LogP contribution is -2.17. The normalized spacial score (nSPS) is 10.6. The van der Waals surface area contributed by atoms with Gasteiger partial charge >= 0.3 is 5.97 Å². The standard InChI is InChI=1S/C21H16N4O5/c1-14-5-6-17(13-22-14)20(26)24-23-12-15-3-2-4-19(11-15)30-21(27)16-7-9-18(10-8-16)25(28)29/h2-13H,1H3,(H,24,26)/b23-12+. The molecule has 0 unspecified atom stereocenters. The van der Waals surface area contributed by atoms with Gasteiger partial charge in [-0.1, -0.05) is 12.1 Å². The molecule has 1 aromatic heterocycles. The van der Waals surface area contributed by atoms with Gasteiger partial charge < -0.3 is 4.74 Å². The Bertz CT molecular complexity index is 1110. The number of ether oxygens (including phenoxy) is 1. The van der Waals surface area contributed by atoms with Crippen LogP contribution in [0.3, 0.4) is 0 Å². The highest BCUT2D eigenvalue weighted by Gasteiger charge is 2.11. The lowest BCUT2D eigenvalue weighted by Gasteiger charge is -2.05. The third-order valence-electron chi connectivity index (χ3n) is 3.94. The predicted octanol–water partition coefficient (Wildman–Crippen LogP) is 3.28. The van der Waals surface area contributed by atoms with Crippen molar-refractivity contribution in [3.05, 3.63) is 99.4 Å². The van der Waals surface area contributed by atoms with Crippen molar-refractivity contribution in [3.8, 4) is 5.75 Å². The lowest BCUT2D eigenvalue weighted by molar-refractivity contribution is -0.384. The highest BCUT2D eigenvalue weighted by molar-refractivity contribution is 5.94. The maximum atomic E-state index is 12.2. The van der Waals surface area contributed by atoms with Crippen molar-refractivity contribution >= 4 is 23.8 Å². The van der Waals surface area contributed by atoms with Gasteiger partial charge in [-0.3, -0.25) is 19.9 Å². The maximum Gasteiger partial charge on any atom is 0.343 e. The number of benzene rings is 2. The number of nitro benzene ring substituents is 1. The Morgan fingerprint density at radius 1 is 1.10 bits per heavy atom. The van der Waals surface area contributed by atoms with Crippen LogP contribution in [-0.4, -0.2) is 28.0 Å². The summed E-state index contributed by atoms with van der Waals surface area (Å²) in [6, 6.07) is 15.0. The molecule has 3 rings (SSSR count). The van der Waals surface area contributed by atoms with Crippen LogP contribution in [0.15, 0.2) is 72.0 Å². The van der Waals surface area contributed by atoms with E-state index in [0.717, 1.165) is 5.69 Å². The zero-order valence-corrected chi connectivity index (χ0v) is 15.8. The van der Waals surface area contributed by atoms with E-state index in [4.69, 9.17) is 4.74 Å². The van der Waals surface area contributed by atoms with Gasteiger partial charge in [0.25, 0.3) is 11.6 Å². The van der Waals surface area contributed by atoms with Crippen LogP contribution in [0.5, 0.6) is 5.75 Å². The number of aromatic nitrogens is 1. The van der Waals surface area contributed by atoms with Crippen molar-refractivity contribution in [2.75, 3.05) is 0 Å². The largest absolute Gasteiger partial charge is 0.423 e. The van der Waals surface area contributed by atoms with E-state index in [1.165, 1.54) is 36.7 Å². The molecule has 30 heavy (non-hydrogen) atoms. The van der Waals surface area contributed by atoms with Crippen LogP contribution in [0.1, 0.15) is 32.0 Å². The second-order valence-electron chi connectivity index (χ2n) is 6.15. The SMILES string of the molecule is Cc1ccc(C(=O)N/N=C/c2cccc(OC(=O)c3ccc([N+](=O)[O-])cc3)c2)cn1. The first kappa shape index (κ1) is 20.3. The summed E-state index contributed by atoms with van der Waals surface area (Å²) < 4.78 is 5.28. The maximum absolute atomic E-state index is 12.2. The fourth-order valence-corrected chi connectivity index (χ4v) is 2.38. The first-order valence-corrected chi connectivity index (χ1v) is 8.75. The molecular weight excluding hydrogens is 388 g/mol. The molecule has 1 amide bonds. The van der Waals surface area contributed by atoms with Crippen LogP contribution in [0.25, 0.3) is 0 Å². The van der Waals surface area contributed by atoms with Gasteiger partial charge in [0.15, 0.2) is 0 Å². The van der Waals surface area contributed by atoms with E-state index in [1.807, 2.05) is 6.92 Å². The van der Waals surface area contributed by atoms with Crippen molar-refractivity contribution in [3.63, 3.8) is 0 Å². The minimum Gasteiger partial charge on any atom is -0.423 e. The van der Waals surface area contributed by atoms with Crippen LogP contribution in [0.4, 0.5) is 5.69 Å². The lowest BCUT2D eigenvalue weighted by atomic mass is 10.2. The first-order chi connectivity index (χ1) is 14.4. The molecule has 0 spiro atoms. The van der Waals surface area contributed by atoms with Gasteiger partial charge in [-0.05, 0) is 48.9 Å². The summed E-state index contributed by atoms with van der Waals surface area (Å²) in [5.41, 5.74) is 4.23. The fourth-order valence-electron chi connectivity index (χ4n) is 2.38. The Morgan fingerprint density at radius 2 is 1.83 bits per heavy atom. The highest BCUT2D eigenvalue weighted by Crippen LogP contribution is 2.16. The van der Waals surface area contributed by atoms with Gasteiger partial charge in [-0.2, -0.15) is 5.10 Å². The fraction of sp³-hybridized carbons (Fsp3) is 0.0476. The van der Waals surface area contributed by atoms with Gasteiger partial charge in [0.2, 0.25) is 0 Å². The number of amides is 1. The minimum atomic E-state index is -0.654.